The smallest absolute Gasteiger partial charge is 0.0202 e. The summed E-state index contributed by atoms with van der Waals surface area (Å²) in [6.45, 7) is 15.4. The molecule has 5 fully saturated rings. The molecule has 13 atom stereocenters. The minimum Gasteiger partial charge on any atom is -0.0654 e. The maximum atomic E-state index is 2.66. The molecule has 26 heavy (non-hydrogen) atoms. The van der Waals surface area contributed by atoms with Gasteiger partial charge >= 0.3 is 0 Å². The van der Waals surface area contributed by atoms with E-state index in [0.29, 0.717) is 0 Å². The Labute approximate surface area is 163 Å². The summed E-state index contributed by atoms with van der Waals surface area (Å²) in [5.41, 5.74) is 0.863. The van der Waals surface area contributed by atoms with Crippen LogP contribution in [0.1, 0.15) is 86.5 Å². The van der Waals surface area contributed by atoms with E-state index < -0.39 is 0 Å². The van der Waals surface area contributed by atoms with Gasteiger partial charge in [0.15, 0.2) is 0 Å². The van der Waals surface area contributed by atoms with Gasteiger partial charge < -0.3 is 0 Å². The summed E-state index contributed by atoms with van der Waals surface area (Å²) in [6.07, 6.45) is 10.7. The summed E-state index contributed by atoms with van der Waals surface area (Å²) >= 11 is 0. The quantitative estimate of drug-likeness (QED) is 0.428. The van der Waals surface area contributed by atoms with Gasteiger partial charge in [-0.2, -0.15) is 0 Å². The van der Waals surface area contributed by atoms with Crippen molar-refractivity contribution in [3.8, 4) is 0 Å². The molecule has 0 aromatic heterocycles. The van der Waals surface area contributed by atoms with E-state index >= 15 is 0 Å². The summed E-state index contributed by atoms with van der Waals surface area (Å²) in [7, 11) is 0. The van der Waals surface area contributed by atoms with Gasteiger partial charge in [-0.1, -0.05) is 54.4 Å². The molecule has 0 saturated heterocycles. The molecule has 1 spiro atoms. The highest BCUT2D eigenvalue weighted by Gasteiger charge is 2.76. The molecule has 0 amide bonds. The van der Waals surface area contributed by atoms with Gasteiger partial charge in [0.25, 0.3) is 0 Å². The van der Waals surface area contributed by atoms with Gasteiger partial charge in [0.05, 0.1) is 0 Å². The molecular weight excluding hydrogens is 312 g/mol. The van der Waals surface area contributed by atoms with Crippen LogP contribution in [0.25, 0.3) is 0 Å². The highest BCUT2D eigenvalue weighted by Crippen LogP contribution is 2.82. The number of rotatable bonds is 8. The zero-order valence-corrected chi connectivity index (χ0v) is 18.4. The second-order valence-electron chi connectivity index (χ2n) is 12.0. The van der Waals surface area contributed by atoms with Crippen molar-refractivity contribution in [1.29, 1.82) is 0 Å². The summed E-state index contributed by atoms with van der Waals surface area (Å²) < 4.78 is 0. The lowest BCUT2D eigenvalue weighted by atomic mass is 9.49. The Morgan fingerprint density at radius 2 is 1.54 bits per heavy atom. The molecule has 0 aliphatic heterocycles. The summed E-state index contributed by atoms with van der Waals surface area (Å²) in [5.74, 6) is 12.8. The Hall–Kier alpha value is 0. The van der Waals surface area contributed by atoms with Crippen LogP contribution in [0, 0.1) is 76.4 Å². The molecule has 0 aromatic rings. The lowest BCUT2D eigenvalue weighted by Crippen LogP contribution is -2.48. The average molecular weight is 357 g/mol. The Kier molecular flexibility index (Phi) is 4.16. The largest absolute Gasteiger partial charge is 0.0654 e. The Morgan fingerprint density at radius 3 is 2.08 bits per heavy atom. The fourth-order valence-corrected chi connectivity index (χ4v) is 9.17. The highest BCUT2D eigenvalue weighted by atomic mass is 14.8. The van der Waals surface area contributed by atoms with Crippen molar-refractivity contribution in [3.05, 3.63) is 0 Å². The minimum absolute atomic E-state index is 0.863. The monoisotopic (exact) mass is 356 g/mol. The van der Waals surface area contributed by atoms with Crippen molar-refractivity contribution >= 4 is 0 Å². The average Bonchev–Trinajstić information content (AvgIpc) is 3.48. The first kappa shape index (κ1) is 18.1. The van der Waals surface area contributed by atoms with E-state index in [2.05, 4.69) is 41.5 Å². The van der Waals surface area contributed by atoms with Crippen LogP contribution >= 0.6 is 0 Å². The normalized spacial score (nSPS) is 55.2. The number of hydrogen-bond acceptors (Lipinski definition) is 0. The third-order valence-electron chi connectivity index (χ3n) is 11.3. The molecule has 0 radical (unpaired) electrons. The zero-order valence-electron chi connectivity index (χ0n) is 18.4. The van der Waals surface area contributed by atoms with Gasteiger partial charge in [-0.15, -0.1) is 0 Å². The fraction of sp³-hybridized carbons (Fsp3) is 1.00. The van der Waals surface area contributed by atoms with Crippen LogP contribution in [0.5, 0.6) is 0 Å². The Balaban J connectivity index is 1.14. The Morgan fingerprint density at radius 1 is 0.885 bits per heavy atom. The van der Waals surface area contributed by atoms with Crippen molar-refractivity contribution in [2.75, 3.05) is 0 Å². The third-order valence-corrected chi connectivity index (χ3v) is 11.3. The molecule has 0 heteroatoms. The molecule has 0 heterocycles. The van der Waals surface area contributed by atoms with Crippen molar-refractivity contribution in [3.63, 3.8) is 0 Å². The first-order valence-corrected chi connectivity index (χ1v) is 12.4. The van der Waals surface area contributed by atoms with Crippen LogP contribution in [0.3, 0.4) is 0 Å². The highest BCUT2D eigenvalue weighted by molar-refractivity contribution is 5.24. The van der Waals surface area contributed by atoms with Crippen molar-refractivity contribution < 1.29 is 0 Å². The summed E-state index contributed by atoms with van der Waals surface area (Å²) in [4.78, 5) is 0. The van der Waals surface area contributed by atoms with Crippen molar-refractivity contribution in [1.82, 2.24) is 0 Å². The van der Waals surface area contributed by atoms with Crippen LogP contribution in [0.15, 0.2) is 0 Å². The Bertz CT molecular complexity index is 550. The first-order chi connectivity index (χ1) is 12.4. The van der Waals surface area contributed by atoms with Crippen LogP contribution in [0.4, 0.5) is 0 Å². The van der Waals surface area contributed by atoms with Crippen molar-refractivity contribution in [2.45, 2.75) is 86.5 Å². The molecule has 5 aliphatic rings. The SMILES string of the molecule is CCCC(C)C1CC1C(C)C(C)C1CC1C(C)C1C(C)C12CC1CCC12. The van der Waals surface area contributed by atoms with Gasteiger partial charge in [-0.05, 0) is 109 Å². The zero-order chi connectivity index (χ0) is 18.4. The molecule has 5 saturated carbocycles. The first-order valence-electron chi connectivity index (χ1n) is 12.4. The van der Waals surface area contributed by atoms with E-state index in [4.69, 9.17) is 0 Å². The predicted molar refractivity (Wildman–Crippen MR) is 111 cm³/mol. The van der Waals surface area contributed by atoms with Gasteiger partial charge in [0.2, 0.25) is 0 Å². The number of hydrogen-bond donors (Lipinski definition) is 0. The number of fused-ring (bicyclic) bond motifs is 2. The van der Waals surface area contributed by atoms with Gasteiger partial charge in [-0.3, -0.25) is 0 Å². The molecule has 5 rings (SSSR count). The van der Waals surface area contributed by atoms with E-state index in [9.17, 15) is 0 Å². The minimum atomic E-state index is 0.863. The molecule has 5 aliphatic carbocycles. The summed E-state index contributed by atoms with van der Waals surface area (Å²) in [6, 6.07) is 0. The molecule has 0 bridgehead atoms. The van der Waals surface area contributed by atoms with Crippen LogP contribution in [0.2, 0.25) is 0 Å². The van der Waals surface area contributed by atoms with E-state index in [1.807, 2.05) is 0 Å². The van der Waals surface area contributed by atoms with Crippen molar-refractivity contribution in [2.24, 2.45) is 76.4 Å². The topological polar surface area (TPSA) is 0 Å². The van der Waals surface area contributed by atoms with E-state index in [1.54, 1.807) is 32.1 Å². The van der Waals surface area contributed by atoms with Gasteiger partial charge in [-0.25, -0.2) is 0 Å². The second-order valence-corrected chi connectivity index (χ2v) is 12.0. The maximum Gasteiger partial charge on any atom is -0.0202 e. The van der Waals surface area contributed by atoms with Crippen LogP contribution in [-0.4, -0.2) is 0 Å². The standard InChI is InChI=1S/C26H44/c1-7-8-14(2)20-11-21(20)15(3)16(4)22-12-23(22)17(5)25-18(6)26(25)13-19-9-10-24(19)26/h14-25H,7-13H2,1-6H3. The summed E-state index contributed by atoms with van der Waals surface area (Å²) in [5, 5.41) is 0. The van der Waals surface area contributed by atoms with E-state index in [0.717, 1.165) is 64.6 Å². The van der Waals surface area contributed by atoms with Gasteiger partial charge in [0.1, 0.15) is 0 Å². The van der Waals surface area contributed by atoms with Crippen LogP contribution in [-0.2, 0) is 0 Å². The van der Waals surface area contributed by atoms with E-state index in [-0.39, 0.29) is 0 Å². The molecule has 13 unspecified atom stereocenters. The molecule has 148 valence electrons. The predicted octanol–water partition coefficient (Wildman–Crippen LogP) is 7.29. The third kappa shape index (κ3) is 2.38. The molecule has 0 N–H and O–H groups in total. The second kappa shape index (κ2) is 6.00. The maximum absolute atomic E-state index is 2.66. The lowest BCUT2D eigenvalue weighted by molar-refractivity contribution is -0.0680. The molecule has 0 aromatic carbocycles. The van der Waals surface area contributed by atoms with E-state index in [1.165, 1.54) is 24.7 Å². The molecular formula is C26H44. The van der Waals surface area contributed by atoms with Crippen LogP contribution < -0.4 is 0 Å². The molecule has 0 nitrogen and oxygen atoms in total. The lowest BCUT2D eigenvalue weighted by Gasteiger charge is -2.56. The fourth-order valence-electron chi connectivity index (χ4n) is 9.17. The van der Waals surface area contributed by atoms with Gasteiger partial charge in [0, 0.05) is 0 Å².